The summed E-state index contributed by atoms with van der Waals surface area (Å²) in [5, 5.41) is 7.22. The summed E-state index contributed by atoms with van der Waals surface area (Å²) in [7, 11) is 0. The van der Waals surface area contributed by atoms with Crippen molar-refractivity contribution in [2.45, 2.75) is 33.1 Å². The number of rotatable bonds is 0. The fourth-order valence-electron chi connectivity index (χ4n) is 1.79. The molecule has 0 saturated heterocycles. The minimum absolute atomic E-state index is 0.444. The molecule has 0 spiro atoms. The highest BCUT2D eigenvalue weighted by molar-refractivity contribution is 9.10. The zero-order valence-electron chi connectivity index (χ0n) is 7.45. The van der Waals surface area contributed by atoms with Crippen LogP contribution < -0.4 is 0 Å². The molecule has 1 aliphatic carbocycles. The molecule has 0 radical (unpaired) electrons. The summed E-state index contributed by atoms with van der Waals surface area (Å²) in [6, 6.07) is 0. The van der Waals surface area contributed by atoms with E-state index in [-0.39, 0.29) is 0 Å². The Balaban J connectivity index is 2.38. The van der Waals surface area contributed by atoms with Crippen molar-refractivity contribution in [2.24, 2.45) is 5.41 Å². The lowest BCUT2D eigenvalue weighted by atomic mass is 9.77. The van der Waals surface area contributed by atoms with Gasteiger partial charge in [0, 0.05) is 11.3 Å². The number of nitrogens with one attached hydrogen (secondary N) is 1. The Morgan fingerprint density at radius 2 is 2.25 bits per heavy atom. The van der Waals surface area contributed by atoms with Crippen molar-refractivity contribution >= 4 is 15.9 Å². The number of H-pyrrole nitrogens is 1. The van der Waals surface area contributed by atoms with Crippen LogP contribution in [0.1, 0.15) is 31.5 Å². The molecule has 0 atom stereocenters. The van der Waals surface area contributed by atoms with Crippen molar-refractivity contribution in [2.75, 3.05) is 0 Å². The van der Waals surface area contributed by atoms with E-state index in [0.29, 0.717) is 5.41 Å². The molecule has 2 rings (SSSR count). The van der Waals surface area contributed by atoms with Gasteiger partial charge in [0.25, 0.3) is 0 Å². The van der Waals surface area contributed by atoms with Gasteiger partial charge in [-0.3, -0.25) is 5.10 Å². The van der Waals surface area contributed by atoms with E-state index in [9.17, 15) is 0 Å². The summed E-state index contributed by atoms with van der Waals surface area (Å²) in [5.74, 6) is 0. The number of aromatic amines is 1. The summed E-state index contributed by atoms with van der Waals surface area (Å²) in [5.41, 5.74) is 3.15. The third-order valence-corrected chi connectivity index (χ3v) is 3.27. The monoisotopic (exact) mass is 228 g/mol. The zero-order valence-corrected chi connectivity index (χ0v) is 9.03. The van der Waals surface area contributed by atoms with Gasteiger partial charge in [-0.1, -0.05) is 13.8 Å². The topological polar surface area (TPSA) is 28.7 Å². The van der Waals surface area contributed by atoms with E-state index in [4.69, 9.17) is 0 Å². The largest absolute Gasteiger partial charge is 0.281 e. The predicted molar refractivity (Wildman–Crippen MR) is 52.1 cm³/mol. The van der Waals surface area contributed by atoms with E-state index in [0.717, 1.165) is 17.4 Å². The standard InChI is InChI=1S/C9H13BrN2/c1-9(2)4-3-7-6(5-9)8(10)12-11-7/h3-5H2,1-2H3,(H,11,12). The van der Waals surface area contributed by atoms with Gasteiger partial charge in [0.2, 0.25) is 0 Å². The second-order valence-electron chi connectivity index (χ2n) is 4.31. The minimum Gasteiger partial charge on any atom is -0.281 e. The maximum Gasteiger partial charge on any atom is 0.131 e. The molecular formula is C9H13BrN2. The summed E-state index contributed by atoms with van der Waals surface area (Å²) in [6.45, 7) is 4.63. The normalized spacial score (nSPS) is 20.6. The highest BCUT2D eigenvalue weighted by atomic mass is 79.9. The van der Waals surface area contributed by atoms with Crippen molar-refractivity contribution in [3.8, 4) is 0 Å². The lowest BCUT2D eigenvalue weighted by Gasteiger charge is -2.28. The van der Waals surface area contributed by atoms with Gasteiger partial charge in [-0.05, 0) is 40.6 Å². The van der Waals surface area contributed by atoms with E-state index in [2.05, 4.69) is 40.0 Å². The average Bonchev–Trinajstić information content (AvgIpc) is 2.31. The van der Waals surface area contributed by atoms with Gasteiger partial charge in [0.05, 0.1) is 0 Å². The molecule has 2 nitrogen and oxygen atoms in total. The lowest BCUT2D eigenvalue weighted by molar-refractivity contribution is 0.313. The lowest BCUT2D eigenvalue weighted by Crippen LogP contribution is -2.21. The molecule has 0 saturated carbocycles. The summed E-state index contributed by atoms with van der Waals surface area (Å²) in [4.78, 5) is 0. The smallest absolute Gasteiger partial charge is 0.131 e. The van der Waals surface area contributed by atoms with Gasteiger partial charge in [0.1, 0.15) is 4.60 Å². The first-order valence-electron chi connectivity index (χ1n) is 4.30. The quantitative estimate of drug-likeness (QED) is 0.727. The number of halogens is 1. The number of hydrogen-bond acceptors (Lipinski definition) is 1. The summed E-state index contributed by atoms with van der Waals surface area (Å²) < 4.78 is 1.00. The molecule has 1 aromatic rings. The van der Waals surface area contributed by atoms with Crippen molar-refractivity contribution in [3.63, 3.8) is 0 Å². The zero-order chi connectivity index (χ0) is 8.77. The Morgan fingerprint density at radius 3 is 3.00 bits per heavy atom. The molecule has 0 amide bonds. The van der Waals surface area contributed by atoms with Crippen LogP contribution in [-0.2, 0) is 12.8 Å². The molecule has 0 fully saturated rings. The van der Waals surface area contributed by atoms with Gasteiger partial charge in [-0.2, -0.15) is 5.10 Å². The molecule has 3 heteroatoms. The molecule has 0 aliphatic heterocycles. The molecule has 1 N–H and O–H groups in total. The van der Waals surface area contributed by atoms with Crippen LogP contribution in [0.3, 0.4) is 0 Å². The molecule has 0 aromatic carbocycles. The van der Waals surface area contributed by atoms with Crippen molar-refractivity contribution in [1.29, 1.82) is 0 Å². The Kier molecular flexibility index (Phi) is 1.79. The first kappa shape index (κ1) is 8.30. The number of nitrogens with zero attached hydrogens (tertiary/aromatic N) is 1. The Labute approximate surface area is 80.9 Å². The predicted octanol–water partition coefficient (Wildman–Crippen LogP) is 2.69. The molecule has 1 aliphatic rings. The van der Waals surface area contributed by atoms with Crippen LogP contribution >= 0.6 is 15.9 Å². The first-order valence-corrected chi connectivity index (χ1v) is 5.09. The van der Waals surface area contributed by atoms with Gasteiger partial charge in [-0.15, -0.1) is 0 Å². The second-order valence-corrected chi connectivity index (χ2v) is 5.06. The van der Waals surface area contributed by atoms with Crippen LogP contribution in [0, 0.1) is 5.41 Å². The molecule has 0 unspecified atom stereocenters. The van der Waals surface area contributed by atoms with E-state index < -0.39 is 0 Å². The summed E-state index contributed by atoms with van der Waals surface area (Å²) >= 11 is 3.46. The van der Waals surface area contributed by atoms with Crippen molar-refractivity contribution < 1.29 is 0 Å². The van der Waals surface area contributed by atoms with Gasteiger partial charge in [-0.25, -0.2) is 0 Å². The maximum absolute atomic E-state index is 4.16. The SMILES string of the molecule is CC1(C)CCc2[nH]nc(Br)c2C1. The van der Waals surface area contributed by atoms with Crippen LogP contribution in [0.15, 0.2) is 4.60 Å². The van der Waals surface area contributed by atoms with E-state index >= 15 is 0 Å². The van der Waals surface area contributed by atoms with Crippen LogP contribution in [0.2, 0.25) is 0 Å². The summed E-state index contributed by atoms with van der Waals surface area (Å²) in [6.07, 6.45) is 3.54. The fourth-order valence-corrected chi connectivity index (χ4v) is 2.26. The molecular weight excluding hydrogens is 216 g/mol. The van der Waals surface area contributed by atoms with Gasteiger partial charge < -0.3 is 0 Å². The number of fused-ring (bicyclic) bond motifs is 1. The van der Waals surface area contributed by atoms with Gasteiger partial charge in [0.15, 0.2) is 0 Å². The van der Waals surface area contributed by atoms with Crippen LogP contribution in [-0.4, -0.2) is 10.2 Å². The fraction of sp³-hybridized carbons (Fsp3) is 0.667. The number of aromatic nitrogens is 2. The molecule has 66 valence electrons. The Morgan fingerprint density at radius 1 is 1.50 bits per heavy atom. The first-order chi connectivity index (χ1) is 5.58. The maximum atomic E-state index is 4.16. The number of hydrogen-bond donors (Lipinski definition) is 1. The van der Waals surface area contributed by atoms with E-state index in [1.807, 2.05) is 0 Å². The highest BCUT2D eigenvalue weighted by Crippen LogP contribution is 2.36. The Hall–Kier alpha value is -0.310. The molecule has 12 heavy (non-hydrogen) atoms. The second kappa shape index (κ2) is 2.59. The van der Waals surface area contributed by atoms with Crippen molar-refractivity contribution in [3.05, 3.63) is 15.9 Å². The molecule has 1 heterocycles. The molecule has 1 aromatic heterocycles. The highest BCUT2D eigenvalue weighted by Gasteiger charge is 2.28. The number of aryl methyl sites for hydroxylation is 1. The van der Waals surface area contributed by atoms with E-state index in [1.54, 1.807) is 0 Å². The van der Waals surface area contributed by atoms with Gasteiger partial charge >= 0.3 is 0 Å². The average molecular weight is 229 g/mol. The van der Waals surface area contributed by atoms with Crippen LogP contribution in [0.25, 0.3) is 0 Å². The third-order valence-electron chi connectivity index (χ3n) is 2.61. The van der Waals surface area contributed by atoms with Crippen LogP contribution in [0.5, 0.6) is 0 Å². The third kappa shape index (κ3) is 1.30. The Bertz CT molecular complexity index is 301. The molecule has 0 bridgehead atoms. The van der Waals surface area contributed by atoms with E-state index in [1.165, 1.54) is 17.7 Å². The minimum atomic E-state index is 0.444. The van der Waals surface area contributed by atoms with Crippen LogP contribution in [0.4, 0.5) is 0 Å². The van der Waals surface area contributed by atoms with Crippen molar-refractivity contribution in [1.82, 2.24) is 10.2 Å².